The number of ether oxygens (including phenoxy) is 1. The van der Waals surface area contributed by atoms with E-state index >= 15 is 0 Å². The number of carbonyl (C=O) groups is 1. The van der Waals surface area contributed by atoms with E-state index in [1.54, 1.807) is 12.1 Å². The van der Waals surface area contributed by atoms with E-state index in [4.69, 9.17) is 4.74 Å². The van der Waals surface area contributed by atoms with Crippen LogP contribution in [0.5, 0.6) is 5.75 Å². The molecule has 170 valence electrons. The molecule has 0 saturated carbocycles. The molecule has 2 N–H and O–H groups in total. The fraction of sp³-hybridized carbons (Fsp3) is 0.480. The van der Waals surface area contributed by atoms with E-state index in [-0.39, 0.29) is 54.3 Å². The van der Waals surface area contributed by atoms with Crippen molar-refractivity contribution in [3.8, 4) is 5.75 Å². The van der Waals surface area contributed by atoms with Gasteiger partial charge in [-0.3, -0.25) is 0 Å². The molecule has 0 aliphatic carbocycles. The van der Waals surface area contributed by atoms with E-state index in [2.05, 4.69) is 19.9 Å². The number of hydrogen-bond acceptors (Lipinski definition) is 5. The Morgan fingerprint density at radius 2 is 1.69 bits per heavy atom. The van der Waals surface area contributed by atoms with Gasteiger partial charge in [-0.25, -0.2) is 4.39 Å². The summed E-state index contributed by atoms with van der Waals surface area (Å²) < 4.78 is 19.5. The van der Waals surface area contributed by atoms with Crippen LogP contribution in [-0.2, 0) is 4.79 Å². The fourth-order valence-electron chi connectivity index (χ4n) is 3.89. The number of carboxylic acids is 1. The van der Waals surface area contributed by atoms with Gasteiger partial charge in [0.2, 0.25) is 0 Å². The second-order valence-corrected chi connectivity index (χ2v) is 8.66. The van der Waals surface area contributed by atoms with E-state index in [1.807, 2.05) is 19.9 Å². The minimum atomic E-state index is -1.37. The number of aliphatic hydroxyl groups is 2. The van der Waals surface area contributed by atoms with Crippen molar-refractivity contribution in [2.75, 3.05) is 6.61 Å². The molecule has 0 fully saturated rings. The Hall–Kier alpha value is -1.44. The van der Waals surface area contributed by atoms with Crippen molar-refractivity contribution in [1.82, 2.24) is 0 Å². The Kier molecular flexibility index (Phi) is 11.9. The summed E-state index contributed by atoms with van der Waals surface area (Å²) in [5.74, 6) is -0.645. The third-order valence-electron chi connectivity index (χ3n) is 5.17. The molecule has 3 atom stereocenters. The minimum Gasteiger partial charge on any atom is -0.550 e. The van der Waals surface area contributed by atoms with Gasteiger partial charge in [0.25, 0.3) is 0 Å². The maximum Gasteiger partial charge on any atom is 1.00 e. The van der Waals surface area contributed by atoms with Crippen LogP contribution in [0.3, 0.4) is 0 Å². The van der Waals surface area contributed by atoms with Gasteiger partial charge >= 0.3 is 29.6 Å². The van der Waals surface area contributed by atoms with Crippen molar-refractivity contribution in [1.29, 1.82) is 0 Å². The van der Waals surface area contributed by atoms with Gasteiger partial charge in [-0.1, -0.05) is 43.7 Å². The van der Waals surface area contributed by atoms with Crippen LogP contribution in [0.2, 0.25) is 0 Å². The van der Waals surface area contributed by atoms with Crippen LogP contribution >= 0.6 is 0 Å². The zero-order valence-electron chi connectivity index (χ0n) is 19.6. The Bertz CT molecular complexity index is 869. The number of carboxylic acid groups (broad SMARTS) is 1. The van der Waals surface area contributed by atoms with E-state index in [0.29, 0.717) is 11.7 Å². The first-order chi connectivity index (χ1) is 14.6. The number of aliphatic carboxylic acids is 1. The molecule has 0 aliphatic rings. The zero-order chi connectivity index (χ0) is 23.1. The molecular weight excluding hydrogens is 422 g/mol. The van der Waals surface area contributed by atoms with E-state index < -0.39 is 24.6 Å². The molecule has 2 aromatic rings. The van der Waals surface area contributed by atoms with Gasteiger partial charge in [-0.05, 0) is 49.4 Å². The predicted octanol–water partition coefficient (Wildman–Crippen LogP) is 0.255. The van der Waals surface area contributed by atoms with Crippen molar-refractivity contribution in [3.05, 3.63) is 64.5 Å². The molecule has 2 rings (SSSR count). The number of aryl methyl sites for hydroxylation is 2. The molecule has 2 aromatic carbocycles. The summed E-state index contributed by atoms with van der Waals surface area (Å²) in [6.07, 6.45) is -2.06. The summed E-state index contributed by atoms with van der Waals surface area (Å²) in [5, 5.41) is 30.5. The maximum absolute atomic E-state index is 13.5. The average Bonchev–Trinajstić information content (AvgIpc) is 2.64. The van der Waals surface area contributed by atoms with E-state index in [0.717, 1.165) is 28.7 Å². The van der Waals surface area contributed by atoms with Crippen LogP contribution in [0.4, 0.5) is 4.39 Å². The monoisotopic (exact) mass is 454 g/mol. The second kappa shape index (κ2) is 13.3. The minimum absolute atomic E-state index is 0. The van der Waals surface area contributed by atoms with Crippen molar-refractivity contribution >= 4 is 5.97 Å². The average molecular weight is 455 g/mol. The summed E-state index contributed by atoms with van der Waals surface area (Å²) in [5.41, 5.74) is 3.92. The Labute approximate surface area is 211 Å². The van der Waals surface area contributed by atoms with Gasteiger partial charge in [0.05, 0.1) is 12.2 Å². The van der Waals surface area contributed by atoms with Gasteiger partial charge in [0.1, 0.15) is 18.2 Å². The molecular formula is C25H32FNaO5. The van der Waals surface area contributed by atoms with Crippen molar-refractivity contribution in [2.45, 2.75) is 65.1 Å². The first-order valence-electron chi connectivity index (χ1n) is 10.6. The molecule has 0 amide bonds. The molecule has 0 radical (unpaired) electrons. The Morgan fingerprint density at radius 3 is 2.25 bits per heavy atom. The molecule has 7 heteroatoms. The molecule has 0 bridgehead atoms. The van der Waals surface area contributed by atoms with Gasteiger partial charge in [0.15, 0.2) is 0 Å². The normalized spacial score (nSPS) is 13.9. The zero-order valence-corrected chi connectivity index (χ0v) is 21.6. The third-order valence-corrected chi connectivity index (χ3v) is 5.17. The van der Waals surface area contributed by atoms with Crippen molar-refractivity contribution in [2.24, 2.45) is 5.92 Å². The molecule has 0 aromatic heterocycles. The largest absolute Gasteiger partial charge is 1.00 e. The van der Waals surface area contributed by atoms with Gasteiger partial charge in [-0.15, -0.1) is 0 Å². The summed E-state index contributed by atoms with van der Waals surface area (Å²) in [4.78, 5) is 10.6. The fourth-order valence-corrected chi connectivity index (χ4v) is 3.89. The number of rotatable bonds is 11. The number of benzene rings is 2. The van der Waals surface area contributed by atoms with Crippen LogP contribution in [-0.4, -0.2) is 35.0 Å². The Morgan fingerprint density at radius 1 is 1.06 bits per heavy atom. The smallest absolute Gasteiger partial charge is 0.550 e. The first-order valence-corrected chi connectivity index (χ1v) is 10.6. The van der Waals surface area contributed by atoms with E-state index in [9.17, 15) is 24.5 Å². The number of hydrogen-bond donors (Lipinski definition) is 2. The third kappa shape index (κ3) is 8.83. The summed E-state index contributed by atoms with van der Waals surface area (Å²) >= 11 is 0. The quantitative estimate of drug-likeness (QED) is 0.476. The number of halogens is 1. The molecule has 2 unspecified atom stereocenters. The van der Waals surface area contributed by atoms with Crippen LogP contribution in [0.1, 0.15) is 61.3 Å². The topological polar surface area (TPSA) is 89.8 Å². The molecule has 0 aliphatic heterocycles. The standard InChI is InChI=1S/C25H33FO5.Na/c1-15(2)9-22(18-5-7-19(26)8-6-18)23-11-16(3)10-17(4)25(23)31-14-21(28)12-20(27)13-24(29)30;/h5-8,10-11,15,20-22,27-28H,9,12-14H2,1-4H3,(H,29,30);/q;+1/p-1/t20-,21?,22?;/m1./s1. The number of aliphatic hydroxyl groups excluding tert-OH is 2. The summed E-state index contributed by atoms with van der Waals surface area (Å²) in [6.45, 7) is 8.10. The summed E-state index contributed by atoms with van der Waals surface area (Å²) in [6, 6.07) is 10.5. The molecule has 0 saturated heterocycles. The van der Waals surface area contributed by atoms with Crippen LogP contribution in [0.25, 0.3) is 0 Å². The SMILES string of the molecule is Cc1cc(C)c(OCC(O)C[C@@H](O)CC(=O)[O-])c(C(CC(C)C)c2ccc(F)cc2)c1.[Na+]. The van der Waals surface area contributed by atoms with Crippen LogP contribution in [0.15, 0.2) is 36.4 Å². The van der Waals surface area contributed by atoms with E-state index in [1.165, 1.54) is 12.1 Å². The number of carbonyl (C=O) groups excluding carboxylic acids is 1. The molecule has 0 spiro atoms. The molecule has 0 heterocycles. The summed E-state index contributed by atoms with van der Waals surface area (Å²) in [7, 11) is 0. The predicted molar refractivity (Wildman–Crippen MR) is 115 cm³/mol. The van der Waals surface area contributed by atoms with Crippen molar-refractivity contribution in [3.63, 3.8) is 0 Å². The molecule has 5 nitrogen and oxygen atoms in total. The molecule has 32 heavy (non-hydrogen) atoms. The van der Waals surface area contributed by atoms with Crippen LogP contribution in [0, 0.1) is 25.6 Å². The Balaban J connectivity index is 0.00000512. The van der Waals surface area contributed by atoms with Crippen molar-refractivity contribution < 1.29 is 58.8 Å². The van der Waals surface area contributed by atoms with Gasteiger partial charge in [-0.2, -0.15) is 0 Å². The maximum atomic E-state index is 13.5. The van der Waals surface area contributed by atoms with Gasteiger partial charge in [0, 0.05) is 30.3 Å². The van der Waals surface area contributed by atoms with Gasteiger partial charge < -0.3 is 24.9 Å². The van der Waals surface area contributed by atoms with Crippen LogP contribution < -0.4 is 39.4 Å². The first kappa shape index (κ1) is 28.6. The second-order valence-electron chi connectivity index (χ2n) is 8.66.